The summed E-state index contributed by atoms with van der Waals surface area (Å²) in [5.74, 6) is -1.56. The van der Waals surface area contributed by atoms with Gasteiger partial charge in [0.05, 0.1) is 6.04 Å². The Kier molecular flexibility index (Phi) is 20.1. The van der Waals surface area contributed by atoms with E-state index in [0.29, 0.717) is 56.9 Å². The predicted molar refractivity (Wildman–Crippen MR) is 276 cm³/mol. The molecule has 0 bridgehead atoms. The van der Waals surface area contributed by atoms with Gasteiger partial charge in [0, 0.05) is 56.4 Å². The molecule has 0 radical (unpaired) electrons. The first-order valence-corrected chi connectivity index (χ1v) is 25.9. The Morgan fingerprint density at radius 1 is 0.635 bits per heavy atom. The minimum Gasteiger partial charge on any atom is -0.445 e. The third kappa shape index (κ3) is 18.3. The van der Waals surface area contributed by atoms with Gasteiger partial charge in [0.2, 0.25) is 0 Å². The summed E-state index contributed by atoms with van der Waals surface area (Å²) in [6.45, 7) is 22.3. The average Bonchev–Trinajstić information content (AvgIpc) is 3.82. The third-order valence-electron chi connectivity index (χ3n) is 13.8. The van der Waals surface area contributed by atoms with E-state index < -0.39 is 47.1 Å². The normalized spacial score (nSPS) is 20.5. The van der Waals surface area contributed by atoms with E-state index in [-0.39, 0.29) is 62.4 Å². The van der Waals surface area contributed by atoms with Gasteiger partial charge in [-0.05, 0) is 149 Å². The van der Waals surface area contributed by atoms with Crippen LogP contribution in [-0.4, -0.2) is 130 Å². The highest BCUT2D eigenvalue weighted by atomic mass is 19.4. The van der Waals surface area contributed by atoms with Crippen molar-refractivity contribution in [3.63, 3.8) is 0 Å². The van der Waals surface area contributed by atoms with Crippen LogP contribution in [0.15, 0.2) is 84.0 Å². The summed E-state index contributed by atoms with van der Waals surface area (Å²) in [4.78, 5) is 68.9. The molecule has 5 amide bonds. The lowest BCUT2D eigenvalue weighted by Crippen LogP contribution is -2.46. The Labute approximate surface area is 436 Å². The number of alkyl halides is 3. The first-order chi connectivity index (χ1) is 34.5. The Morgan fingerprint density at radius 2 is 1.04 bits per heavy atom. The zero-order valence-corrected chi connectivity index (χ0v) is 45.2. The Hall–Kier alpha value is -5.78. The number of carbonyl (C=O) groups excluding carboxylic acids is 5. The Bertz CT molecular complexity index is 2280. The maximum atomic E-state index is 13.1. The average molecular weight is 1040 g/mol. The van der Waals surface area contributed by atoms with E-state index in [2.05, 4.69) is 25.2 Å². The highest BCUT2D eigenvalue weighted by molar-refractivity contribution is 5.82. The van der Waals surface area contributed by atoms with Crippen molar-refractivity contribution in [2.24, 2.45) is 17.6 Å². The highest BCUT2D eigenvalue weighted by Gasteiger charge is 2.45. The molecule has 2 aromatic rings. The lowest BCUT2D eigenvalue weighted by molar-refractivity contribution is -0.174. The summed E-state index contributed by atoms with van der Waals surface area (Å²) in [7, 11) is 0. The largest absolute Gasteiger partial charge is 0.471 e. The fourth-order valence-electron chi connectivity index (χ4n) is 10.0. The second-order valence-electron chi connectivity index (χ2n) is 23.3. The van der Waals surface area contributed by atoms with E-state index in [1.807, 2.05) is 100 Å². The fraction of sp³-hybridized carbons (Fsp3) is 0.625. The number of amides is 5. The van der Waals surface area contributed by atoms with Crippen molar-refractivity contribution in [1.82, 2.24) is 24.9 Å². The zero-order valence-electron chi connectivity index (χ0n) is 45.2. The first kappa shape index (κ1) is 59.1. The number of nitrogens with two attached hydrogens (primary N) is 1. The fourth-order valence-corrected chi connectivity index (χ4v) is 10.0. The van der Waals surface area contributed by atoms with Gasteiger partial charge in [0.25, 0.3) is 0 Å². The summed E-state index contributed by atoms with van der Waals surface area (Å²) in [6, 6.07) is 18.1. The van der Waals surface area contributed by atoms with Crippen molar-refractivity contribution in [1.29, 1.82) is 0 Å². The molecule has 0 aromatic heterocycles. The molecule has 2 unspecified atom stereocenters. The highest BCUT2D eigenvalue weighted by Crippen LogP contribution is 2.38. The third-order valence-corrected chi connectivity index (χ3v) is 13.8. The van der Waals surface area contributed by atoms with Crippen molar-refractivity contribution in [3.05, 3.63) is 95.1 Å². The van der Waals surface area contributed by atoms with Crippen LogP contribution in [0.25, 0.3) is 0 Å². The maximum absolute atomic E-state index is 13.1. The smallest absolute Gasteiger partial charge is 0.445 e. The molecule has 3 N–H and O–H groups in total. The molecule has 4 atom stereocenters. The molecule has 15 nitrogen and oxygen atoms in total. The van der Waals surface area contributed by atoms with E-state index in [9.17, 15) is 37.1 Å². The van der Waals surface area contributed by atoms with E-state index in [1.165, 1.54) is 10.5 Å². The van der Waals surface area contributed by atoms with Gasteiger partial charge in [0.1, 0.15) is 24.4 Å². The molecule has 4 aliphatic heterocycles. The molecular weight excluding hydrogens is 958 g/mol. The van der Waals surface area contributed by atoms with Crippen LogP contribution < -0.4 is 11.1 Å². The van der Waals surface area contributed by atoms with Gasteiger partial charge < -0.3 is 49.6 Å². The monoisotopic (exact) mass is 1040 g/mol. The van der Waals surface area contributed by atoms with Gasteiger partial charge in [-0.3, -0.25) is 4.79 Å². The molecule has 2 aromatic carbocycles. The van der Waals surface area contributed by atoms with Crippen LogP contribution in [0.3, 0.4) is 0 Å². The quantitative estimate of drug-likeness (QED) is 0.145. The molecule has 0 spiro atoms. The zero-order chi connectivity index (χ0) is 54.6. The van der Waals surface area contributed by atoms with Gasteiger partial charge in [-0.1, -0.05) is 78.4 Å². The first-order valence-electron chi connectivity index (χ1n) is 25.9. The molecule has 18 heteroatoms. The minimum atomic E-state index is -5.01. The minimum absolute atomic E-state index is 0.0267. The molecule has 2 fully saturated rings. The SMILES string of the molecule is CC(C)(C)OC(=O)N1C[C@@H](CCC(N)C2=CCN(C(=O)OCc3ccccc3)CC2)CC1(C)C.CC(C)(C)OC(=O)N1C[C@@H](CCC(NC(=O)C(F)(F)F)C2=CCN(C(=O)OCc3ccccc3)CC2)CC1(C)C. The lowest BCUT2D eigenvalue weighted by Gasteiger charge is -2.33. The number of benzene rings is 2. The van der Waals surface area contributed by atoms with Gasteiger partial charge in [-0.2, -0.15) is 13.2 Å². The maximum Gasteiger partial charge on any atom is 0.471 e. The van der Waals surface area contributed by atoms with E-state index in [1.54, 1.807) is 36.6 Å². The number of hydrogen-bond acceptors (Lipinski definition) is 10. The second kappa shape index (κ2) is 25.2. The number of carbonyl (C=O) groups is 5. The molecule has 2 saturated heterocycles. The summed E-state index contributed by atoms with van der Waals surface area (Å²) in [5, 5.41) is 2.15. The van der Waals surface area contributed by atoms with E-state index in [4.69, 9.17) is 24.7 Å². The number of nitrogens with zero attached hydrogens (tertiary/aromatic N) is 4. The summed E-state index contributed by atoms with van der Waals surface area (Å²) in [6.07, 6.45) is 2.59. The standard InChI is InChI=1S/C29H40F3N3O5.C27H41N3O4/c1-27(2,3)40-26(38)35-18-21(17-28(35,4)5)11-12-23(33-24(36)29(30,31)32)22-13-15-34(16-14-22)25(37)39-19-20-9-7-6-8-10-20;1-26(2,3)34-25(32)30-18-21(17-27(30,4)5)11-12-23(28)22-13-15-29(16-14-22)24(31)33-19-20-9-7-6-8-10-20/h6-10,13,21,23H,11-12,14-19H2,1-5H3,(H,33,36);6-10,13,21,23H,11-12,14-19,28H2,1-5H3/t2*21-,23?/m00/s1. The number of likely N-dealkylation sites (tertiary alicyclic amines) is 2. The molecule has 4 aliphatic rings. The molecule has 74 heavy (non-hydrogen) atoms. The van der Waals surface area contributed by atoms with Crippen LogP contribution in [0, 0.1) is 11.8 Å². The number of nitrogens with one attached hydrogen (secondary N) is 1. The Morgan fingerprint density at radius 3 is 1.42 bits per heavy atom. The van der Waals surface area contributed by atoms with Crippen LogP contribution in [0.2, 0.25) is 0 Å². The molecule has 0 aliphatic carbocycles. The summed E-state index contributed by atoms with van der Waals surface area (Å²) >= 11 is 0. The second-order valence-corrected chi connectivity index (χ2v) is 23.3. The number of ether oxygens (including phenoxy) is 4. The van der Waals surface area contributed by atoms with Crippen LogP contribution in [0.5, 0.6) is 0 Å². The van der Waals surface area contributed by atoms with Crippen LogP contribution in [-0.2, 0) is 37.0 Å². The molecule has 4 heterocycles. The number of rotatable bonds is 13. The van der Waals surface area contributed by atoms with E-state index in [0.717, 1.165) is 36.8 Å². The summed E-state index contributed by atoms with van der Waals surface area (Å²) < 4.78 is 61.3. The van der Waals surface area contributed by atoms with Crippen molar-refractivity contribution in [3.8, 4) is 0 Å². The molecule has 6 rings (SSSR count). The lowest BCUT2D eigenvalue weighted by atomic mass is 9.89. The molecule has 0 saturated carbocycles. The van der Waals surface area contributed by atoms with Crippen molar-refractivity contribution >= 4 is 30.3 Å². The van der Waals surface area contributed by atoms with E-state index >= 15 is 0 Å². The van der Waals surface area contributed by atoms with Crippen LogP contribution in [0.1, 0.15) is 132 Å². The van der Waals surface area contributed by atoms with Crippen LogP contribution in [0.4, 0.5) is 32.3 Å². The Balaban J connectivity index is 0.000000278. The van der Waals surface area contributed by atoms with Crippen molar-refractivity contribution in [2.75, 3.05) is 39.3 Å². The van der Waals surface area contributed by atoms with Gasteiger partial charge in [-0.15, -0.1) is 0 Å². The predicted octanol–water partition coefficient (Wildman–Crippen LogP) is 10.9. The van der Waals surface area contributed by atoms with Gasteiger partial charge >= 0.3 is 36.5 Å². The topological polar surface area (TPSA) is 173 Å². The molecular formula is C56H81F3N6O9. The number of halogens is 3. The van der Waals surface area contributed by atoms with Crippen LogP contribution >= 0.6 is 0 Å². The van der Waals surface area contributed by atoms with Crippen molar-refractivity contribution in [2.45, 2.75) is 174 Å². The molecule has 410 valence electrons. The van der Waals surface area contributed by atoms with Crippen molar-refractivity contribution < 1.29 is 56.1 Å². The number of hydrogen-bond donors (Lipinski definition) is 2. The van der Waals surface area contributed by atoms with Gasteiger partial charge in [0.15, 0.2) is 0 Å². The summed E-state index contributed by atoms with van der Waals surface area (Å²) in [5.41, 5.74) is 8.36. The van der Waals surface area contributed by atoms with Gasteiger partial charge in [-0.25, -0.2) is 19.2 Å².